The number of benzene rings is 1. The number of hydrogen-bond donors (Lipinski definition) is 3. The van der Waals surface area contributed by atoms with E-state index in [1.54, 1.807) is 25.6 Å². The summed E-state index contributed by atoms with van der Waals surface area (Å²) in [5.41, 5.74) is 3.50. The van der Waals surface area contributed by atoms with Gasteiger partial charge in [0.2, 0.25) is 0 Å². The molecule has 1 aromatic carbocycles. The highest BCUT2D eigenvalue weighted by Gasteiger charge is 2.31. The summed E-state index contributed by atoms with van der Waals surface area (Å²) in [4.78, 5) is 16.0. The van der Waals surface area contributed by atoms with Crippen LogP contribution in [0, 0.1) is 0 Å². The van der Waals surface area contributed by atoms with Crippen molar-refractivity contribution >= 4 is 33.3 Å². The van der Waals surface area contributed by atoms with Crippen LogP contribution in [0.5, 0.6) is 0 Å². The maximum Gasteiger partial charge on any atom is 0.330 e. The number of aromatic nitrogens is 1. The predicted molar refractivity (Wildman–Crippen MR) is 103 cm³/mol. The third-order valence-electron chi connectivity index (χ3n) is 4.04. The van der Waals surface area contributed by atoms with Gasteiger partial charge in [-0.1, -0.05) is 24.3 Å². The molecule has 1 unspecified atom stereocenters. The molecule has 1 aromatic heterocycles. The van der Waals surface area contributed by atoms with Crippen LogP contribution in [0.4, 0.5) is 5.69 Å². The SMILES string of the molecule is COC1=C(Br)C(=C(C)Nc2cccnc2)NC(C(=O)O)c2ccccc21. The molecule has 1 atom stereocenters. The minimum absolute atomic E-state index is 0.569. The maximum absolute atomic E-state index is 11.9. The number of ether oxygens (including phenoxy) is 1. The number of pyridine rings is 1. The summed E-state index contributed by atoms with van der Waals surface area (Å²) in [6.45, 7) is 1.86. The van der Waals surface area contributed by atoms with Gasteiger partial charge in [-0.15, -0.1) is 0 Å². The van der Waals surface area contributed by atoms with Gasteiger partial charge in [0.25, 0.3) is 0 Å². The van der Waals surface area contributed by atoms with Gasteiger partial charge in [-0.05, 0) is 40.5 Å². The van der Waals surface area contributed by atoms with Crippen molar-refractivity contribution < 1.29 is 14.6 Å². The van der Waals surface area contributed by atoms with Gasteiger partial charge in [0.1, 0.15) is 5.76 Å². The Balaban J connectivity index is 2.14. The fraction of sp³-hybridized carbons (Fsp3) is 0.158. The van der Waals surface area contributed by atoms with E-state index in [-0.39, 0.29) is 0 Å². The summed E-state index contributed by atoms with van der Waals surface area (Å²) in [5, 5.41) is 16.1. The molecule has 3 N–H and O–H groups in total. The van der Waals surface area contributed by atoms with Crippen molar-refractivity contribution in [2.24, 2.45) is 0 Å². The Hall–Kier alpha value is -2.80. The minimum atomic E-state index is -0.971. The Morgan fingerprint density at radius 2 is 2.08 bits per heavy atom. The van der Waals surface area contributed by atoms with Crippen molar-refractivity contribution in [3.05, 3.63) is 75.8 Å². The van der Waals surface area contributed by atoms with Gasteiger partial charge in [0, 0.05) is 17.5 Å². The number of anilines is 1. The fourth-order valence-corrected chi connectivity index (χ4v) is 3.64. The van der Waals surface area contributed by atoms with E-state index in [4.69, 9.17) is 4.74 Å². The smallest absolute Gasteiger partial charge is 0.330 e. The lowest BCUT2D eigenvalue weighted by atomic mass is 10.00. The Kier molecular flexibility index (Phi) is 5.27. The van der Waals surface area contributed by atoms with Crippen molar-refractivity contribution in [3.8, 4) is 0 Å². The molecule has 0 radical (unpaired) electrons. The number of aliphatic carboxylic acids is 1. The maximum atomic E-state index is 11.9. The molecule has 6 nitrogen and oxygen atoms in total. The van der Waals surface area contributed by atoms with Gasteiger partial charge in [0.05, 0.1) is 29.2 Å². The molecule has 0 bridgehead atoms. The Bertz CT molecular complexity index is 894. The molecule has 26 heavy (non-hydrogen) atoms. The van der Waals surface area contributed by atoms with Crippen molar-refractivity contribution in [2.75, 3.05) is 12.4 Å². The standard InChI is InChI=1S/C19H18BrN3O3/c1-11(22-12-6-5-9-21-10-12)16-15(20)18(26-2)14-8-4-3-7-13(14)17(23-16)19(24)25/h3-10,17,22-23H,1-2H3,(H,24,25). The number of halogens is 1. The first-order valence-electron chi connectivity index (χ1n) is 7.93. The van der Waals surface area contributed by atoms with Gasteiger partial charge < -0.3 is 20.5 Å². The molecule has 0 aliphatic carbocycles. The summed E-state index contributed by atoms with van der Waals surface area (Å²) in [6, 6.07) is 10.1. The Morgan fingerprint density at radius 3 is 2.73 bits per heavy atom. The molecule has 2 aromatic rings. The zero-order valence-electron chi connectivity index (χ0n) is 14.3. The average Bonchev–Trinajstić information content (AvgIpc) is 2.76. The highest BCUT2D eigenvalue weighted by molar-refractivity contribution is 9.12. The Labute approximate surface area is 159 Å². The van der Waals surface area contributed by atoms with Crippen LogP contribution in [-0.4, -0.2) is 23.2 Å². The molecular formula is C19H18BrN3O3. The molecular weight excluding hydrogens is 398 g/mol. The predicted octanol–water partition coefficient (Wildman–Crippen LogP) is 3.86. The van der Waals surface area contributed by atoms with Crippen molar-refractivity contribution in [2.45, 2.75) is 13.0 Å². The lowest BCUT2D eigenvalue weighted by Crippen LogP contribution is -2.29. The van der Waals surface area contributed by atoms with Crippen LogP contribution in [0.1, 0.15) is 24.1 Å². The molecule has 2 heterocycles. The summed E-state index contributed by atoms with van der Waals surface area (Å²) in [5.74, 6) is -0.402. The highest BCUT2D eigenvalue weighted by Crippen LogP contribution is 2.38. The number of carboxylic acids is 1. The molecule has 1 aliphatic heterocycles. The van der Waals surface area contributed by atoms with E-state index in [1.165, 1.54) is 0 Å². The van der Waals surface area contributed by atoms with E-state index in [0.717, 1.165) is 16.9 Å². The van der Waals surface area contributed by atoms with E-state index < -0.39 is 12.0 Å². The van der Waals surface area contributed by atoms with Crippen LogP contribution in [-0.2, 0) is 9.53 Å². The van der Waals surface area contributed by atoms with Gasteiger partial charge >= 0.3 is 5.97 Å². The largest absolute Gasteiger partial charge is 0.495 e. The van der Waals surface area contributed by atoms with Crippen molar-refractivity contribution in [3.63, 3.8) is 0 Å². The van der Waals surface area contributed by atoms with Crippen molar-refractivity contribution in [1.29, 1.82) is 0 Å². The molecule has 0 fully saturated rings. The first kappa shape index (κ1) is 18.0. The average molecular weight is 416 g/mol. The van der Waals surface area contributed by atoms with Crippen LogP contribution < -0.4 is 10.6 Å². The molecule has 3 rings (SSSR count). The van der Waals surface area contributed by atoms with Gasteiger partial charge in [-0.2, -0.15) is 0 Å². The second kappa shape index (κ2) is 7.61. The first-order chi connectivity index (χ1) is 12.5. The monoisotopic (exact) mass is 415 g/mol. The topological polar surface area (TPSA) is 83.5 Å². The van der Waals surface area contributed by atoms with Crippen LogP contribution in [0.2, 0.25) is 0 Å². The lowest BCUT2D eigenvalue weighted by molar-refractivity contribution is -0.139. The van der Waals surface area contributed by atoms with Crippen LogP contribution in [0.15, 0.2) is 64.7 Å². The number of hydrogen-bond acceptors (Lipinski definition) is 5. The first-order valence-corrected chi connectivity index (χ1v) is 8.73. The van der Waals surface area contributed by atoms with E-state index in [1.807, 2.05) is 37.3 Å². The second-order valence-electron chi connectivity index (χ2n) is 5.72. The van der Waals surface area contributed by atoms with Gasteiger partial charge in [-0.3, -0.25) is 4.98 Å². The molecule has 0 amide bonds. The van der Waals surface area contributed by atoms with E-state index in [2.05, 4.69) is 31.5 Å². The fourth-order valence-electron chi connectivity index (χ4n) is 2.86. The number of nitrogens with zero attached hydrogens (tertiary/aromatic N) is 1. The molecule has 0 saturated carbocycles. The number of methoxy groups -OCH3 is 1. The molecule has 7 heteroatoms. The zero-order chi connectivity index (χ0) is 18.7. The number of fused-ring (bicyclic) bond motifs is 1. The van der Waals surface area contributed by atoms with Crippen LogP contribution in [0.25, 0.3) is 5.76 Å². The Morgan fingerprint density at radius 1 is 1.31 bits per heavy atom. The van der Waals surface area contributed by atoms with Crippen molar-refractivity contribution in [1.82, 2.24) is 10.3 Å². The quantitative estimate of drug-likeness (QED) is 0.702. The second-order valence-corrected chi connectivity index (χ2v) is 6.51. The summed E-state index contributed by atoms with van der Waals surface area (Å²) in [7, 11) is 1.57. The molecule has 0 saturated heterocycles. The molecule has 0 spiro atoms. The number of nitrogens with one attached hydrogen (secondary N) is 2. The lowest BCUT2D eigenvalue weighted by Gasteiger charge is -2.19. The normalized spacial score (nSPS) is 18.3. The molecule has 134 valence electrons. The minimum Gasteiger partial charge on any atom is -0.495 e. The van der Waals surface area contributed by atoms with Gasteiger partial charge in [-0.25, -0.2) is 4.79 Å². The summed E-state index contributed by atoms with van der Waals surface area (Å²) in [6.07, 6.45) is 3.38. The van der Waals surface area contributed by atoms with E-state index >= 15 is 0 Å². The van der Waals surface area contributed by atoms with E-state index in [9.17, 15) is 9.90 Å². The summed E-state index contributed by atoms with van der Waals surface area (Å²) >= 11 is 3.58. The summed E-state index contributed by atoms with van der Waals surface area (Å²) < 4.78 is 6.24. The number of allylic oxidation sites excluding steroid dienone is 2. The van der Waals surface area contributed by atoms with E-state index in [0.29, 0.717) is 21.5 Å². The number of carbonyl (C=O) groups is 1. The van der Waals surface area contributed by atoms with Gasteiger partial charge in [0.15, 0.2) is 6.04 Å². The van der Waals surface area contributed by atoms with Crippen LogP contribution in [0.3, 0.4) is 0 Å². The third kappa shape index (κ3) is 3.43. The molecule has 1 aliphatic rings. The third-order valence-corrected chi connectivity index (χ3v) is 4.80. The van der Waals surface area contributed by atoms with Crippen LogP contribution >= 0.6 is 15.9 Å². The zero-order valence-corrected chi connectivity index (χ0v) is 15.9. The number of rotatable bonds is 4. The highest BCUT2D eigenvalue weighted by atomic mass is 79.9. The number of carboxylic acid groups (broad SMARTS) is 1.